The van der Waals surface area contributed by atoms with Crippen LogP contribution in [0, 0.1) is 20.8 Å². The summed E-state index contributed by atoms with van der Waals surface area (Å²) >= 11 is 0. The van der Waals surface area contributed by atoms with Gasteiger partial charge in [-0.2, -0.15) is 5.10 Å². The Kier molecular flexibility index (Phi) is 5.08. The van der Waals surface area contributed by atoms with Crippen molar-refractivity contribution in [1.82, 2.24) is 24.2 Å². The molecule has 3 heterocycles. The first kappa shape index (κ1) is 18.9. The molecule has 1 aliphatic rings. The first-order valence-electron chi connectivity index (χ1n) is 9.97. The van der Waals surface area contributed by atoms with Crippen molar-refractivity contribution in [3.8, 4) is 5.69 Å². The maximum absolute atomic E-state index is 11.0. The molecule has 1 saturated heterocycles. The van der Waals surface area contributed by atoms with E-state index in [1.807, 2.05) is 29.3 Å². The Morgan fingerprint density at radius 1 is 1.11 bits per heavy atom. The molecule has 1 aromatic carbocycles. The van der Waals surface area contributed by atoms with Crippen LogP contribution >= 0.6 is 0 Å². The summed E-state index contributed by atoms with van der Waals surface area (Å²) in [6.07, 6.45) is 5.30. The van der Waals surface area contributed by atoms with Crippen molar-refractivity contribution < 1.29 is 5.11 Å². The molecule has 0 radical (unpaired) electrons. The number of benzene rings is 1. The topological polar surface area (TPSA) is 59.1 Å². The number of likely N-dealkylation sites (tertiary alicyclic amines) is 1. The van der Waals surface area contributed by atoms with Crippen LogP contribution in [-0.2, 0) is 13.1 Å². The molecule has 28 heavy (non-hydrogen) atoms. The van der Waals surface area contributed by atoms with Gasteiger partial charge in [-0.05, 0) is 57.4 Å². The van der Waals surface area contributed by atoms with E-state index in [1.54, 1.807) is 6.20 Å². The Hall–Kier alpha value is -2.44. The Morgan fingerprint density at radius 3 is 2.54 bits per heavy atom. The number of rotatable bonds is 5. The fraction of sp³-hybridized carbons (Fsp3) is 0.455. The molecule has 3 aromatic rings. The highest BCUT2D eigenvalue weighted by Crippen LogP contribution is 2.26. The van der Waals surface area contributed by atoms with Crippen molar-refractivity contribution in [2.75, 3.05) is 13.1 Å². The predicted octanol–water partition coefficient (Wildman–Crippen LogP) is 3.02. The van der Waals surface area contributed by atoms with Gasteiger partial charge in [-0.1, -0.05) is 12.1 Å². The van der Waals surface area contributed by atoms with E-state index in [0.717, 1.165) is 55.4 Å². The summed E-state index contributed by atoms with van der Waals surface area (Å²) in [4.78, 5) is 6.69. The number of hydrogen-bond donors (Lipinski definition) is 1. The van der Waals surface area contributed by atoms with Gasteiger partial charge in [0.15, 0.2) is 0 Å². The van der Waals surface area contributed by atoms with Crippen LogP contribution in [0.2, 0.25) is 0 Å². The van der Waals surface area contributed by atoms with Crippen LogP contribution in [0.25, 0.3) is 5.69 Å². The Morgan fingerprint density at radius 2 is 1.89 bits per heavy atom. The van der Waals surface area contributed by atoms with Gasteiger partial charge in [0.05, 0.1) is 23.5 Å². The van der Waals surface area contributed by atoms with Gasteiger partial charge in [-0.25, -0.2) is 9.67 Å². The fourth-order valence-corrected chi connectivity index (χ4v) is 4.11. The molecule has 0 amide bonds. The van der Waals surface area contributed by atoms with Crippen molar-refractivity contribution >= 4 is 0 Å². The summed E-state index contributed by atoms with van der Waals surface area (Å²) < 4.78 is 4.05. The molecule has 0 aliphatic carbocycles. The van der Waals surface area contributed by atoms with E-state index < -0.39 is 5.60 Å². The summed E-state index contributed by atoms with van der Waals surface area (Å²) in [5, 5.41) is 15.6. The van der Waals surface area contributed by atoms with E-state index in [4.69, 9.17) is 0 Å². The summed E-state index contributed by atoms with van der Waals surface area (Å²) in [5.74, 6) is 0.955. The van der Waals surface area contributed by atoms with Crippen LogP contribution in [0.5, 0.6) is 0 Å². The number of hydrogen-bond acceptors (Lipinski definition) is 4. The molecule has 0 atom stereocenters. The summed E-state index contributed by atoms with van der Waals surface area (Å²) in [6, 6.07) is 10.7. The predicted molar refractivity (Wildman–Crippen MR) is 109 cm³/mol. The average molecular weight is 380 g/mol. The lowest BCUT2D eigenvalue weighted by Crippen LogP contribution is -2.46. The van der Waals surface area contributed by atoms with Crippen molar-refractivity contribution in [2.45, 2.75) is 52.3 Å². The normalized spacial score (nSPS) is 17.1. The van der Waals surface area contributed by atoms with Gasteiger partial charge in [0.2, 0.25) is 0 Å². The number of aliphatic hydroxyl groups is 1. The lowest BCUT2D eigenvalue weighted by atomic mass is 9.91. The summed E-state index contributed by atoms with van der Waals surface area (Å²) in [6.45, 7) is 9.40. The zero-order valence-corrected chi connectivity index (χ0v) is 17.0. The molecule has 148 valence electrons. The molecule has 1 fully saturated rings. The first-order valence-corrected chi connectivity index (χ1v) is 9.97. The van der Waals surface area contributed by atoms with Crippen LogP contribution in [0.3, 0.4) is 0 Å². The van der Waals surface area contributed by atoms with E-state index in [0.29, 0.717) is 6.54 Å². The van der Waals surface area contributed by atoms with Gasteiger partial charge >= 0.3 is 0 Å². The van der Waals surface area contributed by atoms with Crippen LogP contribution in [-0.4, -0.2) is 48.0 Å². The van der Waals surface area contributed by atoms with Crippen molar-refractivity contribution in [2.24, 2.45) is 0 Å². The van der Waals surface area contributed by atoms with Crippen LogP contribution in [0.1, 0.15) is 35.6 Å². The maximum Gasteiger partial charge on any atom is 0.105 e. The molecule has 1 aliphatic heterocycles. The van der Waals surface area contributed by atoms with Crippen LogP contribution in [0.15, 0.2) is 42.7 Å². The van der Waals surface area contributed by atoms with Crippen molar-refractivity contribution in [3.63, 3.8) is 0 Å². The maximum atomic E-state index is 11.0. The van der Waals surface area contributed by atoms with Gasteiger partial charge in [0, 0.05) is 37.7 Å². The molecule has 2 aromatic heterocycles. The zero-order valence-electron chi connectivity index (χ0n) is 17.0. The van der Waals surface area contributed by atoms with Crippen molar-refractivity contribution in [1.29, 1.82) is 0 Å². The molecular formula is C22H29N5O. The van der Waals surface area contributed by atoms with Gasteiger partial charge in [-0.15, -0.1) is 0 Å². The van der Waals surface area contributed by atoms with Gasteiger partial charge in [0.25, 0.3) is 0 Å². The highest BCUT2D eigenvalue weighted by atomic mass is 16.3. The van der Waals surface area contributed by atoms with E-state index in [-0.39, 0.29) is 0 Å². The number of piperidine rings is 1. The van der Waals surface area contributed by atoms with E-state index in [1.165, 1.54) is 5.56 Å². The Balaban J connectivity index is 1.39. The zero-order chi connectivity index (χ0) is 19.7. The summed E-state index contributed by atoms with van der Waals surface area (Å²) in [5.41, 5.74) is 3.92. The molecular weight excluding hydrogens is 350 g/mol. The molecule has 6 heteroatoms. The molecule has 1 N–H and O–H groups in total. The standard InChI is InChI=1S/C22H29N5O/c1-17-13-18(2)27(24-17)21-6-4-5-20(14-21)15-25-10-7-22(28,8-11-25)16-26-12-9-23-19(26)3/h4-6,9,12-14,28H,7-8,10-11,15-16H2,1-3H3. The third kappa shape index (κ3) is 4.03. The largest absolute Gasteiger partial charge is 0.388 e. The molecule has 6 nitrogen and oxygen atoms in total. The lowest BCUT2D eigenvalue weighted by Gasteiger charge is -2.38. The minimum Gasteiger partial charge on any atom is -0.388 e. The Bertz CT molecular complexity index is 950. The molecule has 0 saturated carbocycles. The van der Waals surface area contributed by atoms with E-state index >= 15 is 0 Å². The third-order valence-electron chi connectivity index (χ3n) is 5.75. The number of aromatic nitrogens is 4. The van der Waals surface area contributed by atoms with Crippen LogP contribution < -0.4 is 0 Å². The van der Waals surface area contributed by atoms with Crippen LogP contribution in [0.4, 0.5) is 0 Å². The average Bonchev–Trinajstić information content (AvgIpc) is 3.22. The second kappa shape index (κ2) is 7.53. The fourth-order valence-electron chi connectivity index (χ4n) is 4.11. The third-order valence-corrected chi connectivity index (χ3v) is 5.75. The van der Waals surface area contributed by atoms with Gasteiger partial charge in [0.1, 0.15) is 5.82 Å². The van der Waals surface area contributed by atoms with Gasteiger partial charge < -0.3 is 9.67 Å². The molecule has 0 bridgehead atoms. The van der Waals surface area contributed by atoms with E-state index in [2.05, 4.69) is 52.2 Å². The summed E-state index contributed by atoms with van der Waals surface area (Å²) in [7, 11) is 0. The van der Waals surface area contributed by atoms with Crippen molar-refractivity contribution in [3.05, 3.63) is 65.5 Å². The monoisotopic (exact) mass is 379 g/mol. The lowest BCUT2D eigenvalue weighted by molar-refractivity contribution is -0.0361. The van der Waals surface area contributed by atoms with E-state index in [9.17, 15) is 5.11 Å². The quantitative estimate of drug-likeness (QED) is 0.740. The second-order valence-electron chi connectivity index (χ2n) is 8.11. The SMILES string of the molecule is Cc1cc(C)n(-c2cccc(CN3CCC(O)(Cn4ccnc4C)CC3)c2)n1. The highest BCUT2D eigenvalue weighted by Gasteiger charge is 2.32. The molecule has 0 unspecified atom stereocenters. The number of aryl methyl sites for hydroxylation is 3. The van der Waals surface area contributed by atoms with Gasteiger partial charge in [-0.3, -0.25) is 4.90 Å². The second-order valence-corrected chi connectivity index (χ2v) is 8.11. The number of imidazole rings is 1. The Labute approximate surface area is 166 Å². The first-order chi connectivity index (χ1) is 13.4. The minimum absolute atomic E-state index is 0.625. The smallest absolute Gasteiger partial charge is 0.105 e. The highest BCUT2D eigenvalue weighted by molar-refractivity contribution is 5.37. The minimum atomic E-state index is -0.645. The molecule has 0 spiro atoms. The molecule has 4 rings (SSSR count). The number of nitrogens with zero attached hydrogens (tertiary/aromatic N) is 5.